The summed E-state index contributed by atoms with van der Waals surface area (Å²) in [6.45, 7) is 0.894. The molecule has 0 saturated carbocycles. The third-order valence-electron chi connectivity index (χ3n) is 8.17. The number of benzene rings is 1. The predicted octanol–water partition coefficient (Wildman–Crippen LogP) is -2.52. The number of carbonyl (C=O) groups is 1. The van der Waals surface area contributed by atoms with E-state index in [0.717, 1.165) is 19.4 Å². The zero-order chi connectivity index (χ0) is 31.2. The van der Waals surface area contributed by atoms with Crippen LogP contribution in [0.15, 0.2) is 18.2 Å². The van der Waals surface area contributed by atoms with Crippen molar-refractivity contribution in [3.8, 4) is 0 Å². The Labute approximate surface area is 235 Å². The number of para-hydroxylation sites is 1. The summed E-state index contributed by atoms with van der Waals surface area (Å²) in [6.07, 6.45) is -11.7. The minimum Gasteiger partial charge on any atom is -0.312 e. The lowest BCUT2D eigenvalue weighted by Gasteiger charge is -2.39. The van der Waals surface area contributed by atoms with Gasteiger partial charge in [0, 0.05) is 13.0 Å². The quantitative estimate of drug-likeness (QED) is 0.237. The molecular formula is C17H17N13O13. The third kappa shape index (κ3) is 3.41. The number of nitrogens with zero attached hydrogens (tertiary/aromatic N) is 13. The van der Waals surface area contributed by atoms with E-state index in [2.05, 4.69) is 18.2 Å². The second-order valence-electron chi connectivity index (χ2n) is 9.91. The summed E-state index contributed by atoms with van der Waals surface area (Å²) in [5.74, 6) is 0.303. The van der Waals surface area contributed by atoms with Crippen LogP contribution in [-0.2, 0) is 17.6 Å². The Balaban J connectivity index is 0.000000208. The van der Waals surface area contributed by atoms with Crippen LogP contribution in [0.5, 0.6) is 0 Å². The van der Waals surface area contributed by atoms with Gasteiger partial charge in [-0.25, -0.2) is 60.7 Å². The van der Waals surface area contributed by atoms with Crippen LogP contribution in [0.2, 0.25) is 0 Å². The number of aryl methyl sites for hydroxylation is 1. The molecule has 7 aliphatic rings. The summed E-state index contributed by atoms with van der Waals surface area (Å²) in [5, 5.41) is 60.5. The Morgan fingerprint density at radius 2 is 0.814 bits per heavy atom. The molecule has 43 heavy (non-hydrogen) atoms. The van der Waals surface area contributed by atoms with Gasteiger partial charge in [-0.15, -0.1) is 0 Å². The first-order chi connectivity index (χ1) is 20.3. The molecule has 5 saturated heterocycles. The van der Waals surface area contributed by atoms with Crippen LogP contribution in [0.1, 0.15) is 17.5 Å². The predicted molar refractivity (Wildman–Crippen MR) is 127 cm³/mol. The number of hydrogen-bond donors (Lipinski definition) is 0. The monoisotopic (exact) mass is 611 g/mol. The van der Waals surface area contributed by atoms with E-state index in [1.807, 2.05) is 4.90 Å². The van der Waals surface area contributed by atoms with Gasteiger partial charge in [0.05, 0.1) is 5.69 Å². The van der Waals surface area contributed by atoms with Gasteiger partial charge in [-0.05, 0) is 24.0 Å². The molecule has 0 aliphatic carbocycles. The van der Waals surface area contributed by atoms with Crippen molar-refractivity contribution < 1.29 is 35.0 Å². The third-order valence-corrected chi connectivity index (χ3v) is 8.17. The Kier molecular flexibility index (Phi) is 5.63. The number of carbonyl (C=O) groups excluding carboxylic acids is 1. The van der Waals surface area contributed by atoms with Crippen molar-refractivity contribution in [2.75, 3.05) is 11.4 Å². The van der Waals surface area contributed by atoms with E-state index in [1.54, 1.807) is 0 Å². The number of anilines is 1. The van der Waals surface area contributed by atoms with Gasteiger partial charge in [0.25, 0.3) is 37.0 Å². The largest absolute Gasteiger partial charge is 0.312 e. The average molecular weight is 611 g/mol. The zero-order valence-electron chi connectivity index (χ0n) is 21.1. The summed E-state index contributed by atoms with van der Waals surface area (Å²) in [6, 6.07) is 6.38. The van der Waals surface area contributed by atoms with Crippen molar-refractivity contribution >= 4 is 11.6 Å². The highest BCUT2D eigenvalue weighted by atomic mass is 16.7. The highest BCUT2D eigenvalue weighted by Gasteiger charge is 2.89. The molecule has 6 bridgehead atoms. The molecule has 0 radical (unpaired) electrons. The van der Waals surface area contributed by atoms with Crippen molar-refractivity contribution in [3.05, 3.63) is 90.0 Å². The van der Waals surface area contributed by atoms with Crippen molar-refractivity contribution in [2.45, 2.75) is 56.3 Å². The second kappa shape index (κ2) is 8.94. The molecule has 26 nitrogen and oxygen atoms in total. The van der Waals surface area contributed by atoms with E-state index in [0.29, 0.717) is 12.3 Å². The maximum atomic E-state index is 11.7. The summed E-state index contributed by atoms with van der Waals surface area (Å²) >= 11 is 0. The van der Waals surface area contributed by atoms with Crippen LogP contribution >= 0.6 is 0 Å². The van der Waals surface area contributed by atoms with Gasteiger partial charge in [-0.3, -0.25) is 4.79 Å². The van der Waals surface area contributed by atoms with Gasteiger partial charge in [0.15, 0.2) is 30.2 Å². The molecule has 26 heteroatoms. The Bertz CT molecular complexity index is 1380. The Morgan fingerprint density at radius 3 is 1.12 bits per heavy atom. The number of hydrazine groups is 6. The second-order valence-corrected chi connectivity index (χ2v) is 9.91. The van der Waals surface area contributed by atoms with E-state index < -0.39 is 67.2 Å². The zero-order valence-corrected chi connectivity index (χ0v) is 21.1. The average Bonchev–Trinajstić information content (AvgIpc) is 3.55. The first-order valence-corrected chi connectivity index (χ1v) is 12.3. The maximum absolute atomic E-state index is 11.7. The van der Waals surface area contributed by atoms with Gasteiger partial charge in [-0.1, -0.05) is 48.3 Å². The highest BCUT2D eigenvalue weighted by molar-refractivity contribution is 5.98. The normalized spacial score (nSPS) is 28.9. The Hall–Kier alpha value is -6.11. The lowest BCUT2D eigenvalue weighted by molar-refractivity contribution is -0.792. The fourth-order valence-electron chi connectivity index (χ4n) is 6.83. The minimum atomic E-state index is -2.47. The number of nitro groups is 6. The van der Waals surface area contributed by atoms with E-state index in [-0.39, 0.29) is 30.1 Å². The van der Waals surface area contributed by atoms with E-state index in [1.165, 1.54) is 16.8 Å². The molecule has 7 aliphatic heterocycles. The van der Waals surface area contributed by atoms with Gasteiger partial charge in [0.2, 0.25) is 5.91 Å². The highest BCUT2D eigenvalue weighted by Crippen LogP contribution is 2.51. The summed E-state index contributed by atoms with van der Waals surface area (Å²) in [7, 11) is 0. The van der Waals surface area contributed by atoms with Crippen LogP contribution in [-0.4, -0.2) is 110 Å². The van der Waals surface area contributed by atoms with Gasteiger partial charge >= 0.3 is 0 Å². The van der Waals surface area contributed by atoms with Crippen molar-refractivity contribution in [1.29, 1.82) is 0 Å². The standard InChI is InChI=1S/C11H11NO.C6H6N12O12/c13-10-5-4-8-2-1-3-9-6-7-12(10)11(8)9;19-13(20)7-1-2-8(14(21)22)5(7)6-9(15(23)24)3(11(1)17(27)28)4(10(6)16(25)26)12(2)18(29)30/h1-3H,4-7H2;1-6H. The van der Waals surface area contributed by atoms with Gasteiger partial charge in [0.1, 0.15) is 0 Å². The molecule has 1 aromatic rings. The fourth-order valence-corrected chi connectivity index (χ4v) is 6.83. The molecule has 7 heterocycles. The Morgan fingerprint density at radius 1 is 0.512 bits per heavy atom. The smallest absolute Gasteiger partial charge is 0.272 e. The molecule has 5 fully saturated rings. The first-order valence-electron chi connectivity index (χ1n) is 12.3. The molecule has 0 atom stereocenters. The molecule has 228 valence electrons. The molecular weight excluding hydrogens is 594 g/mol. The number of amides is 1. The summed E-state index contributed by atoms with van der Waals surface area (Å²) in [4.78, 5) is 83.4. The molecule has 0 spiro atoms. The SMILES string of the molecule is O=C1CCc2cccc3c2N1CC3.O=[N+]([O-])N1C2C3N([N+](=O)[O-])C1C1N([N+](=O)[O-])C(C(N1[N+](=O)[O-])N3[N+](=O)[O-])N2[N+](=O)[O-]. The van der Waals surface area contributed by atoms with E-state index in [9.17, 15) is 65.5 Å². The summed E-state index contributed by atoms with van der Waals surface area (Å²) in [5.41, 5.74) is 3.93. The topological polar surface area (TPSA) is 299 Å². The lowest BCUT2D eigenvalue weighted by atomic mass is 10.00. The van der Waals surface area contributed by atoms with Crippen molar-refractivity contribution in [2.24, 2.45) is 0 Å². The van der Waals surface area contributed by atoms with Crippen LogP contribution in [0.25, 0.3) is 0 Å². The fraction of sp³-hybridized carbons (Fsp3) is 0.588. The van der Waals surface area contributed by atoms with Crippen molar-refractivity contribution in [3.63, 3.8) is 0 Å². The van der Waals surface area contributed by atoms with Gasteiger partial charge in [-0.2, -0.15) is 0 Å². The van der Waals surface area contributed by atoms with Crippen molar-refractivity contribution in [1.82, 2.24) is 30.1 Å². The molecule has 1 amide bonds. The minimum absolute atomic E-state index is 0.180. The molecule has 0 N–H and O–H groups in total. The van der Waals surface area contributed by atoms with Gasteiger partial charge < -0.3 is 4.90 Å². The molecule has 0 aromatic heterocycles. The van der Waals surface area contributed by atoms with E-state index in [4.69, 9.17) is 0 Å². The number of hydrogen-bond acceptors (Lipinski definition) is 13. The maximum Gasteiger partial charge on any atom is 0.272 e. The molecule has 0 unspecified atom stereocenters. The lowest BCUT2D eigenvalue weighted by Crippen LogP contribution is -2.77. The van der Waals surface area contributed by atoms with Crippen LogP contribution in [0, 0.1) is 60.7 Å². The molecule has 8 rings (SSSR count). The first kappa shape index (κ1) is 27.1. The van der Waals surface area contributed by atoms with E-state index >= 15 is 0 Å². The molecule has 1 aromatic carbocycles. The summed E-state index contributed by atoms with van der Waals surface area (Å²) < 4.78 is 0. The number of rotatable bonds is 6. The van der Waals surface area contributed by atoms with Crippen LogP contribution < -0.4 is 4.90 Å². The van der Waals surface area contributed by atoms with Crippen LogP contribution in [0.3, 0.4) is 0 Å². The number of piperazine rings is 1. The van der Waals surface area contributed by atoms with Crippen LogP contribution in [0.4, 0.5) is 5.69 Å².